The van der Waals surface area contributed by atoms with Crippen molar-refractivity contribution >= 4 is 20.3 Å². The number of ether oxygens (including phenoxy) is 1. The van der Waals surface area contributed by atoms with Gasteiger partial charge in [-0.1, -0.05) is 13.2 Å². The average Bonchev–Trinajstić information content (AvgIpc) is 2.23. The van der Waals surface area contributed by atoms with Crippen LogP contribution in [0.2, 0.25) is 19.1 Å². The van der Waals surface area contributed by atoms with Crippen molar-refractivity contribution in [2.24, 2.45) is 0 Å². The monoisotopic (exact) mass is 270 g/mol. The van der Waals surface area contributed by atoms with Gasteiger partial charge in [-0.3, -0.25) is 0 Å². The van der Waals surface area contributed by atoms with Crippen LogP contribution in [0.3, 0.4) is 0 Å². The molecule has 4 nitrogen and oxygen atoms in total. The summed E-state index contributed by atoms with van der Waals surface area (Å²) in [7, 11) is -2.05. The Bertz CT molecular complexity index is 358. The topological polar surface area (TPSA) is 52.6 Å². The highest BCUT2D eigenvalue weighted by Gasteiger charge is 2.26. The molecular formula is C13H22O4Si. The fourth-order valence-corrected chi connectivity index (χ4v) is 2.95. The van der Waals surface area contributed by atoms with Gasteiger partial charge in [-0.05, 0) is 39.4 Å². The Morgan fingerprint density at radius 2 is 1.56 bits per heavy atom. The molecule has 5 heteroatoms. The van der Waals surface area contributed by atoms with Crippen LogP contribution < -0.4 is 0 Å². The third-order valence-corrected chi connectivity index (χ3v) is 4.52. The van der Waals surface area contributed by atoms with Gasteiger partial charge in [0, 0.05) is 11.1 Å². The number of rotatable bonds is 7. The summed E-state index contributed by atoms with van der Waals surface area (Å²) in [6.45, 7) is 14.5. The zero-order valence-corrected chi connectivity index (χ0v) is 12.7. The Balaban J connectivity index is 3.98. The lowest BCUT2D eigenvalue weighted by Crippen LogP contribution is -2.33. The molecule has 0 aromatic rings. The summed E-state index contributed by atoms with van der Waals surface area (Å²) in [5, 5.41) is 0. The summed E-state index contributed by atoms with van der Waals surface area (Å²) in [5.41, 5.74) is 0.796. The molecule has 0 amide bonds. The highest BCUT2D eigenvalue weighted by Crippen LogP contribution is 2.15. The molecule has 0 radical (unpaired) electrons. The molecule has 0 saturated carbocycles. The van der Waals surface area contributed by atoms with Crippen LogP contribution in [0.15, 0.2) is 24.3 Å². The zero-order chi connectivity index (χ0) is 14.3. The van der Waals surface area contributed by atoms with Gasteiger partial charge in [-0.15, -0.1) is 0 Å². The largest absolute Gasteiger partial charge is 0.516 e. The summed E-state index contributed by atoms with van der Waals surface area (Å²) in [5.74, 6) is -0.723. The molecule has 102 valence electrons. The molecule has 0 bridgehead atoms. The van der Waals surface area contributed by atoms with E-state index >= 15 is 0 Å². The fourth-order valence-electron chi connectivity index (χ4n) is 1.18. The van der Waals surface area contributed by atoms with E-state index in [1.54, 1.807) is 13.8 Å². The van der Waals surface area contributed by atoms with Gasteiger partial charge >= 0.3 is 11.9 Å². The Hall–Kier alpha value is -1.36. The van der Waals surface area contributed by atoms with Crippen LogP contribution >= 0.6 is 0 Å². The molecule has 0 heterocycles. The molecular weight excluding hydrogens is 248 g/mol. The Kier molecular flexibility index (Phi) is 6.61. The highest BCUT2D eigenvalue weighted by atomic mass is 28.4. The molecule has 0 atom stereocenters. The van der Waals surface area contributed by atoms with Gasteiger partial charge in [0.2, 0.25) is 8.32 Å². The van der Waals surface area contributed by atoms with Crippen LogP contribution in [-0.4, -0.2) is 26.9 Å². The number of hydrogen-bond acceptors (Lipinski definition) is 4. The molecule has 0 unspecified atom stereocenters. The first-order valence-electron chi connectivity index (χ1n) is 5.87. The number of carbonyl (C=O) groups is 2. The first-order chi connectivity index (χ1) is 8.15. The minimum Gasteiger partial charge on any atom is -0.516 e. The van der Waals surface area contributed by atoms with Crippen molar-refractivity contribution in [1.82, 2.24) is 0 Å². The highest BCUT2D eigenvalue weighted by molar-refractivity contribution is 6.72. The van der Waals surface area contributed by atoms with E-state index in [4.69, 9.17) is 9.16 Å². The third kappa shape index (κ3) is 7.06. The second kappa shape index (κ2) is 7.16. The summed E-state index contributed by atoms with van der Waals surface area (Å²) in [6.07, 6.45) is 0.682. The molecule has 18 heavy (non-hydrogen) atoms. The summed E-state index contributed by atoms with van der Waals surface area (Å²) < 4.78 is 10.4. The maximum absolute atomic E-state index is 11.4. The van der Waals surface area contributed by atoms with Crippen LogP contribution in [0.4, 0.5) is 0 Å². The van der Waals surface area contributed by atoms with E-state index in [0.717, 1.165) is 6.04 Å². The van der Waals surface area contributed by atoms with E-state index in [0.29, 0.717) is 24.2 Å². The number of carbonyl (C=O) groups excluding carboxylic acids is 2. The van der Waals surface area contributed by atoms with Crippen LogP contribution in [0.5, 0.6) is 0 Å². The molecule has 0 N–H and O–H groups in total. The van der Waals surface area contributed by atoms with Gasteiger partial charge in [-0.2, -0.15) is 0 Å². The smallest absolute Gasteiger partial charge is 0.333 e. The van der Waals surface area contributed by atoms with Crippen LogP contribution in [-0.2, 0) is 18.8 Å². The first-order valence-corrected chi connectivity index (χ1v) is 8.99. The lowest BCUT2D eigenvalue weighted by Gasteiger charge is -2.22. The van der Waals surface area contributed by atoms with Crippen LogP contribution in [0.25, 0.3) is 0 Å². The van der Waals surface area contributed by atoms with E-state index < -0.39 is 8.32 Å². The number of esters is 1. The molecule has 0 aliphatic heterocycles. The molecule has 0 rings (SSSR count). The van der Waals surface area contributed by atoms with E-state index in [-0.39, 0.29) is 11.9 Å². The van der Waals surface area contributed by atoms with Crippen molar-refractivity contribution < 1.29 is 18.8 Å². The number of hydrogen-bond donors (Lipinski definition) is 0. The van der Waals surface area contributed by atoms with Gasteiger partial charge in [0.25, 0.3) is 0 Å². The minimum atomic E-state index is -2.05. The Labute approximate surface area is 110 Å². The molecule has 0 aliphatic rings. The second-order valence-corrected chi connectivity index (χ2v) is 9.17. The molecule has 0 aromatic heterocycles. The SMILES string of the molecule is C=C(C)C(=O)OCCC[Si](C)(C)OC(=O)C(=C)C. The van der Waals surface area contributed by atoms with Gasteiger partial charge in [0.15, 0.2) is 0 Å². The van der Waals surface area contributed by atoms with Crippen molar-refractivity contribution in [3.8, 4) is 0 Å². The maximum atomic E-state index is 11.4. The normalized spacial score (nSPS) is 10.7. The lowest BCUT2D eigenvalue weighted by molar-refractivity contribution is -0.139. The van der Waals surface area contributed by atoms with E-state index in [9.17, 15) is 9.59 Å². The average molecular weight is 270 g/mol. The fraction of sp³-hybridized carbons (Fsp3) is 0.538. The standard InChI is InChI=1S/C13H22O4Si/c1-10(2)12(14)16-8-7-9-18(5,6)17-13(15)11(3)4/h1,3,7-9H2,2,4-6H3. The summed E-state index contributed by atoms with van der Waals surface area (Å²) in [6, 6.07) is 0.746. The predicted octanol–water partition coefficient (Wildman–Crippen LogP) is 2.82. The third-order valence-electron chi connectivity index (χ3n) is 2.22. The minimum absolute atomic E-state index is 0.326. The summed E-state index contributed by atoms with van der Waals surface area (Å²) >= 11 is 0. The van der Waals surface area contributed by atoms with Crippen LogP contribution in [0, 0.1) is 0 Å². The summed E-state index contributed by atoms with van der Waals surface area (Å²) in [4.78, 5) is 22.5. The quantitative estimate of drug-likeness (QED) is 0.309. The zero-order valence-electron chi connectivity index (χ0n) is 11.7. The molecule has 0 spiro atoms. The first kappa shape index (κ1) is 16.6. The molecule has 0 saturated heterocycles. The van der Waals surface area contributed by atoms with Crippen molar-refractivity contribution in [2.75, 3.05) is 6.61 Å². The van der Waals surface area contributed by atoms with Gasteiger partial charge < -0.3 is 9.16 Å². The van der Waals surface area contributed by atoms with Crippen molar-refractivity contribution in [1.29, 1.82) is 0 Å². The van der Waals surface area contributed by atoms with Gasteiger partial charge in [-0.25, -0.2) is 9.59 Å². The van der Waals surface area contributed by atoms with E-state index in [1.807, 2.05) is 13.1 Å². The molecule has 0 fully saturated rings. The van der Waals surface area contributed by atoms with Crippen molar-refractivity contribution in [2.45, 2.75) is 39.4 Å². The predicted molar refractivity (Wildman–Crippen MR) is 73.6 cm³/mol. The Morgan fingerprint density at radius 1 is 1.06 bits per heavy atom. The van der Waals surface area contributed by atoms with Crippen molar-refractivity contribution in [3.05, 3.63) is 24.3 Å². The van der Waals surface area contributed by atoms with Gasteiger partial charge in [0.05, 0.1) is 6.61 Å². The van der Waals surface area contributed by atoms with Crippen molar-refractivity contribution in [3.63, 3.8) is 0 Å². The lowest BCUT2D eigenvalue weighted by atomic mass is 10.4. The van der Waals surface area contributed by atoms with Crippen LogP contribution in [0.1, 0.15) is 20.3 Å². The Morgan fingerprint density at radius 3 is 2.00 bits per heavy atom. The van der Waals surface area contributed by atoms with E-state index in [1.165, 1.54) is 0 Å². The van der Waals surface area contributed by atoms with E-state index in [2.05, 4.69) is 13.2 Å². The molecule has 0 aliphatic carbocycles. The maximum Gasteiger partial charge on any atom is 0.333 e. The second-order valence-electron chi connectivity index (χ2n) is 4.95. The molecule has 0 aromatic carbocycles. The van der Waals surface area contributed by atoms with Gasteiger partial charge in [0.1, 0.15) is 0 Å².